The first kappa shape index (κ1) is 26.8. The summed E-state index contributed by atoms with van der Waals surface area (Å²) in [5, 5.41) is 0. The summed E-state index contributed by atoms with van der Waals surface area (Å²) in [6.45, 7) is 3.47. The van der Waals surface area contributed by atoms with Crippen LogP contribution in [0.2, 0.25) is 0 Å². The van der Waals surface area contributed by atoms with Crippen molar-refractivity contribution in [3.8, 4) is 36.5 Å². The fraction of sp³-hybridized carbons (Fsp3) is 0.125. The van der Waals surface area contributed by atoms with Crippen LogP contribution >= 0.6 is 15.9 Å². The molecule has 3 heterocycles. The number of nitrogens with zero attached hydrogens (tertiary/aromatic N) is 3. The fourth-order valence-corrected chi connectivity index (χ4v) is 1.64. The Hall–Kier alpha value is -3.39. The number of rotatable bonds is 0. The first-order valence-electron chi connectivity index (χ1n) is 7.80. The van der Waals surface area contributed by atoms with Crippen LogP contribution in [-0.2, 0) is 0 Å². The highest BCUT2D eigenvalue weighted by Gasteiger charge is 1.79. The lowest BCUT2D eigenvalue weighted by Crippen LogP contribution is -1.73. The molecule has 4 heteroatoms. The van der Waals surface area contributed by atoms with E-state index in [0.717, 1.165) is 15.6 Å². The van der Waals surface area contributed by atoms with Crippen molar-refractivity contribution in [3.05, 3.63) is 89.2 Å². The van der Waals surface area contributed by atoms with Crippen molar-refractivity contribution in [3.63, 3.8) is 0 Å². The van der Waals surface area contributed by atoms with Crippen molar-refractivity contribution >= 4 is 15.9 Å². The molecule has 142 valence electrons. The summed E-state index contributed by atoms with van der Waals surface area (Å²) in [4.78, 5) is 11.6. The topological polar surface area (TPSA) is 38.7 Å². The van der Waals surface area contributed by atoms with Crippen LogP contribution in [0.1, 0.15) is 32.4 Å². The van der Waals surface area contributed by atoms with Crippen LogP contribution in [0.25, 0.3) is 0 Å². The largest absolute Gasteiger partial charge is 0.264 e. The van der Waals surface area contributed by atoms with E-state index in [1.165, 1.54) is 0 Å². The molecule has 0 amide bonds. The molecule has 3 nitrogen and oxygen atoms in total. The Labute approximate surface area is 177 Å². The van der Waals surface area contributed by atoms with Gasteiger partial charge in [-0.2, -0.15) is 0 Å². The maximum atomic E-state index is 5.06. The average Bonchev–Trinajstić information content (AvgIpc) is 2.72. The van der Waals surface area contributed by atoms with E-state index >= 15 is 0 Å². The van der Waals surface area contributed by atoms with Crippen LogP contribution in [0.15, 0.2) is 78.1 Å². The summed E-state index contributed by atoms with van der Waals surface area (Å²) in [5.41, 5.74) is 1.80. The molecule has 3 rings (SSSR count). The molecule has 0 aliphatic heterocycles. The van der Waals surface area contributed by atoms with Gasteiger partial charge in [0.25, 0.3) is 0 Å². The second-order valence-electron chi connectivity index (χ2n) is 4.46. The van der Waals surface area contributed by atoms with Crippen molar-refractivity contribution in [2.24, 2.45) is 0 Å². The third-order valence-corrected chi connectivity index (χ3v) is 2.85. The summed E-state index contributed by atoms with van der Waals surface area (Å²) in [6, 6.07) is 11.3. The third-order valence-electron chi connectivity index (χ3n) is 2.38. The summed E-state index contributed by atoms with van der Waals surface area (Å²) in [7, 11) is 0. The fourth-order valence-electron chi connectivity index (χ4n) is 1.37. The first-order valence-corrected chi connectivity index (χ1v) is 8.59. The van der Waals surface area contributed by atoms with Gasteiger partial charge in [0.2, 0.25) is 0 Å². The minimum Gasteiger partial charge on any atom is -0.264 e. The van der Waals surface area contributed by atoms with E-state index in [1.54, 1.807) is 44.1 Å². The molecule has 28 heavy (non-hydrogen) atoms. The van der Waals surface area contributed by atoms with E-state index in [-0.39, 0.29) is 7.43 Å². The van der Waals surface area contributed by atoms with E-state index in [2.05, 4.69) is 61.0 Å². The van der Waals surface area contributed by atoms with E-state index in [4.69, 9.17) is 6.42 Å². The zero-order valence-electron chi connectivity index (χ0n) is 15.3. The number of halogens is 1. The first-order chi connectivity index (χ1) is 13.2. The van der Waals surface area contributed by atoms with Crippen LogP contribution in [0.4, 0.5) is 0 Å². The van der Waals surface area contributed by atoms with E-state index in [0.29, 0.717) is 0 Å². The summed E-state index contributed by atoms with van der Waals surface area (Å²) >= 11 is 3.25. The molecule has 0 spiro atoms. The SMILES string of the molecule is Brc1cccnc1.C.C#CC.C#Cc1cccnc1.CC#Cc1cccnc1. The second kappa shape index (κ2) is 19.9. The van der Waals surface area contributed by atoms with Crippen LogP contribution in [0, 0.1) is 36.5 Å². The predicted molar refractivity (Wildman–Crippen MR) is 122 cm³/mol. The van der Waals surface area contributed by atoms with Gasteiger partial charge in [0.1, 0.15) is 0 Å². The second-order valence-corrected chi connectivity index (χ2v) is 5.38. The van der Waals surface area contributed by atoms with Crippen LogP contribution in [0.5, 0.6) is 0 Å². The molecule has 0 N–H and O–H groups in total. The lowest BCUT2D eigenvalue weighted by Gasteiger charge is -1.82. The maximum absolute atomic E-state index is 5.06. The van der Waals surface area contributed by atoms with Gasteiger partial charge >= 0.3 is 0 Å². The molecule has 0 unspecified atom stereocenters. The van der Waals surface area contributed by atoms with Crippen LogP contribution in [-0.4, -0.2) is 15.0 Å². The molecule has 0 bridgehead atoms. The van der Waals surface area contributed by atoms with E-state index in [9.17, 15) is 0 Å². The Bertz CT molecular complexity index is 870. The van der Waals surface area contributed by atoms with Crippen molar-refractivity contribution < 1.29 is 0 Å². The molecule has 3 aromatic heterocycles. The third kappa shape index (κ3) is 16.1. The molecule has 0 saturated heterocycles. The summed E-state index contributed by atoms with van der Waals surface area (Å²) in [5.74, 6) is 10.4. The van der Waals surface area contributed by atoms with Crippen LogP contribution < -0.4 is 0 Å². The monoisotopic (exact) mass is 433 g/mol. The van der Waals surface area contributed by atoms with Gasteiger partial charge in [-0.3, -0.25) is 15.0 Å². The smallest absolute Gasteiger partial charge is 0.0428 e. The minimum absolute atomic E-state index is 0. The molecule has 0 aliphatic carbocycles. The highest BCUT2D eigenvalue weighted by Crippen LogP contribution is 2.02. The van der Waals surface area contributed by atoms with Gasteiger partial charge < -0.3 is 0 Å². The molecule has 0 aromatic carbocycles. The summed E-state index contributed by atoms with van der Waals surface area (Å²) in [6.07, 6.45) is 20.0. The number of pyridine rings is 3. The lowest BCUT2D eigenvalue weighted by atomic mass is 10.3. The van der Waals surface area contributed by atoms with Crippen LogP contribution in [0.3, 0.4) is 0 Å². The molecule has 0 fully saturated rings. The highest BCUT2D eigenvalue weighted by atomic mass is 79.9. The molecule has 0 radical (unpaired) electrons. The number of aromatic nitrogens is 3. The van der Waals surface area contributed by atoms with Gasteiger partial charge in [-0.15, -0.1) is 24.7 Å². The normalized spacial score (nSPS) is 7.18. The molecular weight excluding hydrogens is 410 g/mol. The van der Waals surface area contributed by atoms with Gasteiger partial charge in [0, 0.05) is 52.8 Å². The molecule has 3 aromatic rings. The minimum atomic E-state index is 0. The van der Waals surface area contributed by atoms with E-state index in [1.807, 2.05) is 43.3 Å². The standard InChI is InChI=1S/C8H7N.C7H5N.C5H4BrN.C3H4.CH4/c1-2-4-8-5-3-6-9-7-8;1-2-7-4-3-5-8-6-7;6-5-2-1-3-7-4-5;1-3-2;/h3,5-7H,1H3;1,3-6H;1-4H;1H,2H3;1H4. The Morgan fingerprint density at radius 1 is 0.786 bits per heavy atom. The Kier molecular flexibility index (Phi) is 19.1. The van der Waals surface area contributed by atoms with E-state index < -0.39 is 0 Å². The Morgan fingerprint density at radius 2 is 1.25 bits per heavy atom. The average molecular weight is 434 g/mol. The zero-order chi connectivity index (χ0) is 20.2. The van der Waals surface area contributed by atoms with Gasteiger partial charge in [-0.05, 0) is 66.2 Å². The molecule has 0 aliphatic rings. The van der Waals surface area contributed by atoms with Crippen molar-refractivity contribution in [1.29, 1.82) is 0 Å². The Balaban J connectivity index is 0. The van der Waals surface area contributed by atoms with Crippen molar-refractivity contribution in [1.82, 2.24) is 15.0 Å². The Morgan fingerprint density at radius 3 is 1.50 bits per heavy atom. The predicted octanol–water partition coefficient (Wildman–Crippen LogP) is 5.64. The maximum Gasteiger partial charge on any atom is 0.0428 e. The van der Waals surface area contributed by atoms with Crippen molar-refractivity contribution in [2.45, 2.75) is 21.3 Å². The van der Waals surface area contributed by atoms with Gasteiger partial charge in [0.05, 0.1) is 0 Å². The summed E-state index contributed by atoms with van der Waals surface area (Å²) < 4.78 is 1.02. The quantitative estimate of drug-likeness (QED) is 0.430. The van der Waals surface area contributed by atoms with Crippen molar-refractivity contribution in [2.75, 3.05) is 0 Å². The van der Waals surface area contributed by atoms with Gasteiger partial charge in [-0.1, -0.05) is 19.3 Å². The zero-order valence-corrected chi connectivity index (χ0v) is 16.9. The number of terminal acetylenes is 2. The molecule has 0 saturated carbocycles. The number of hydrogen-bond acceptors (Lipinski definition) is 3. The number of hydrogen-bond donors (Lipinski definition) is 0. The van der Waals surface area contributed by atoms with Gasteiger partial charge in [-0.25, -0.2) is 0 Å². The highest BCUT2D eigenvalue weighted by molar-refractivity contribution is 9.10. The lowest BCUT2D eigenvalue weighted by molar-refractivity contribution is 1.31. The molecule has 0 atom stereocenters. The van der Waals surface area contributed by atoms with Gasteiger partial charge in [0.15, 0.2) is 0 Å². The molecular formula is C24H24BrN3.